The van der Waals surface area contributed by atoms with Crippen LogP contribution in [-0.2, 0) is 0 Å². The van der Waals surface area contributed by atoms with E-state index in [2.05, 4.69) is 24.9 Å². The lowest BCUT2D eigenvalue weighted by molar-refractivity contribution is 0.511. The maximum atomic E-state index is 4.24. The van der Waals surface area contributed by atoms with Gasteiger partial charge in [0.05, 0.1) is 0 Å². The van der Waals surface area contributed by atoms with Crippen LogP contribution in [0.3, 0.4) is 0 Å². The van der Waals surface area contributed by atoms with E-state index in [9.17, 15) is 0 Å². The molecule has 0 rings (SSSR count). The molecule has 0 fully saturated rings. The van der Waals surface area contributed by atoms with E-state index in [-0.39, 0.29) is 0 Å². The molecule has 0 bridgehead atoms. The largest absolute Gasteiger partial charge is 0.320 e. The summed E-state index contributed by atoms with van der Waals surface area (Å²) in [7, 11) is 1.99. The molecule has 0 spiro atoms. The summed E-state index contributed by atoms with van der Waals surface area (Å²) < 4.78 is 0. The van der Waals surface area contributed by atoms with E-state index in [1.54, 1.807) is 0 Å². The van der Waals surface area contributed by atoms with Gasteiger partial charge in [0, 0.05) is 0 Å². The van der Waals surface area contributed by atoms with Crippen molar-refractivity contribution in [3.8, 4) is 0 Å². The van der Waals surface area contributed by atoms with Crippen LogP contribution in [0.4, 0.5) is 0 Å². The molecule has 0 aliphatic rings. The van der Waals surface area contributed by atoms with Crippen LogP contribution in [0.1, 0.15) is 19.8 Å². The summed E-state index contributed by atoms with van der Waals surface area (Å²) >= 11 is 4.24. The van der Waals surface area contributed by atoms with Crippen molar-refractivity contribution in [2.75, 3.05) is 19.3 Å². The molecule has 0 saturated heterocycles. The van der Waals surface area contributed by atoms with E-state index in [1.807, 2.05) is 7.05 Å². The average molecular weight is 147 g/mol. The maximum absolute atomic E-state index is 4.24. The Morgan fingerprint density at radius 2 is 2.22 bits per heavy atom. The van der Waals surface area contributed by atoms with E-state index < -0.39 is 0 Å². The lowest BCUT2D eigenvalue weighted by Gasteiger charge is -2.09. The third-order valence-electron chi connectivity index (χ3n) is 1.64. The Labute approximate surface area is 63.6 Å². The number of rotatable bonds is 5. The molecule has 0 unspecified atom stereocenters. The zero-order valence-electron chi connectivity index (χ0n) is 6.35. The highest BCUT2D eigenvalue weighted by Crippen LogP contribution is 2.07. The van der Waals surface area contributed by atoms with Crippen LogP contribution in [0.25, 0.3) is 0 Å². The van der Waals surface area contributed by atoms with Gasteiger partial charge < -0.3 is 5.32 Å². The van der Waals surface area contributed by atoms with E-state index in [0.717, 1.165) is 18.2 Å². The van der Waals surface area contributed by atoms with Crippen molar-refractivity contribution in [2.24, 2.45) is 5.92 Å². The molecule has 9 heavy (non-hydrogen) atoms. The van der Waals surface area contributed by atoms with Crippen molar-refractivity contribution in [1.82, 2.24) is 5.32 Å². The summed E-state index contributed by atoms with van der Waals surface area (Å²) in [6.45, 7) is 3.34. The minimum absolute atomic E-state index is 0.806. The Bertz CT molecular complexity index is 52.9. The highest BCUT2D eigenvalue weighted by atomic mass is 32.1. The van der Waals surface area contributed by atoms with Gasteiger partial charge in [0.1, 0.15) is 0 Å². The van der Waals surface area contributed by atoms with E-state index in [1.165, 1.54) is 12.8 Å². The molecule has 0 aromatic heterocycles. The zero-order valence-corrected chi connectivity index (χ0v) is 7.25. The molecule has 0 radical (unpaired) electrons. The third kappa shape index (κ3) is 4.79. The van der Waals surface area contributed by atoms with E-state index in [0.29, 0.717) is 0 Å². The van der Waals surface area contributed by atoms with Gasteiger partial charge >= 0.3 is 0 Å². The fourth-order valence-electron chi connectivity index (χ4n) is 0.773. The first-order chi connectivity index (χ1) is 4.35. The summed E-state index contributed by atoms with van der Waals surface area (Å²) in [6, 6.07) is 0. The van der Waals surface area contributed by atoms with Crippen LogP contribution < -0.4 is 5.32 Å². The Morgan fingerprint density at radius 3 is 2.56 bits per heavy atom. The van der Waals surface area contributed by atoms with Gasteiger partial charge in [0.15, 0.2) is 0 Å². The molecular formula is C7H17NS. The zero-order chi connectivity index (χ0) is 7.11. The summed E-state index contributed by atoms with van der Waals surface area (Å²) in [5.74, 6) is 1.83. The number of hydrogen-bond acceptors (Lipinski definition) is 2. The van der Waals surface area contributed by atoms with Gasteiger partial charge in [0.2, 0.25) is 0 Å². The van der Waals surface area contributed by atoms with Gasteiger partial charge in [-0.3, -0.25) is 0 Å². The fraction of sp³-hybridized carbons (Fsp3) is 1.00. The summed E-state index contributed by atoms with van der Waals surface area (Å²) in [5.41, 5.74) is 0. The molecule has 0 aromatic carbocycles. The topological polar surface area (TPSA) is 12.0 Å². The summed E-state index contributed by atoms with van der Waals surface area (Å²) in [5, 5.41) is 3.13. The molecule has 1 nitrogen and oxygen atoms in total. The first-order valence-electron chi connectivity index (χ1n) is 3.60. The predicted molar refractivity (Wildman–Crippen MR) is 46.2 cm³/mol. The normalized spacial score (nSPS) is 13.7. The molecule has 0 aliphatic carbocycles. The first kappa shape index (κ1) is 9.31. The van der Waals surface area contributed by atoms with Crippen LogP contribution in [-0.4, -0.2) is 19.3 Å². The Kier molecular flexibility index (Phi) is 6.65. The van der Waals surface area contributed by atoms with Crippen molar-refractivity contribution in [1.29, 1.82) is 0 Å². The maximum Gasteiger partial charge on any atom is -0.00490 e. The van der Waals surface area contributed by atoms with Gasteiger partial charge in [-0.25, -0.2) is 0 Å². The van der Waals surface area contributed by atoms with Crippen molar-refractivity contribution in [3.05, 3.63) is 0 Å². The van der Waals surface area contributed by atoms with Gasteiger partial charge in [-0.1, -0.05) is 13.3 Å². The van der Waals surface area contributed by atoms with Crippen molar-refractivity contribution < 1.29 is 0 Å². The van der Waals surface area contributed by atoms with Crippen LogP contribution >= 0.6 is 12.6 Å². The van der Waals surface area contributed by atoms with Crippen molar-refractivity contribution in [2.45, 2.75) is 19.8 Å². The molecule has 0 heterocycles. The monoisotopic (exact) mass is 147 g/mol. The minimum Gasteiger partial charge on any atom is -0.320 e. The molecule has 0 aromatic rings. The van der Waals surface area contributed by atoms with Crippen LogP contribution in [0.15, 0.2) is 0 Å². The second-order valence-electron chi connectivity index (χ2n) is 2.35. The lowest BCUT2D eigenvalue weighted by atomic mass is 10.1. The van der Waals surface area contributed by atoms with Crippen LogP contribution in [0, 0.1) is 5.92 Å². The molecule has 1 atom stereocenters. The molecule has 1 N–H and O–H groups in total. The molecule has 0 aliphatic heterocycles. The molecule has 0 saturated carbocycles. The standard InChI is InChI=1S/C7H17NS/c1-3-7(6-9)4-5-8-2/h7-9H,3-6H2,1-2H3/t7-/m0/s1. The Balaban J connectivity index is 3.09. The molecule has 56 valence electrons. The van der Waals surface area contributed by atoms with Gasteiger partial charge in [-0.15, -0.1) is 0 Å². The van der Waals surface area contributed by atoms with Crippen LogP contribution in [0.2, 0.25) is 0 Å². The highest BCUT2D eigenvalue weighted by molar-refractivity contribution is 7.80. The summed E-state index contributed by atoms with van der Waals surface area (Å²) in [4.78, 5) is 0. The van der Waals surface area contributed by atoms with Crippen molar-refractivity contribution >= 4 is 12.6 Å². The summed E-state index contributed by atoms with van der Waals surface area (Å²) in [6.07, 6.45) is 2.52. The smallest absolute Gasteiger partial charge is 0.00490 e. The molecular weight excluding hydrogens is 130 g/mol. The predicted octanol–water partition coefficient (Wildman–Crippen LogP) is 1.55. The van der Waals surface area contributed by atoms with Crippen molar-refractivity contribution in [3.63, 3.8) is 0 Å². The van der Waals surface area contributed by atoms with E-state index in [4.69, 9.17) is 0 Å². The van der Waals surface area contributed by atoms with Gasteiger partial charge in [-0.2, -0.15) is 12.6 Å². The van der Waals surface area contributed by atoms with Crippen LogP contribution in [0.5, 0.6) is 0 Å². The Morgan fingerprint density at radius 1 is 1.56 bits per heavy atom. The first-order valence-corrected chi connectivity index (χ1v) is 4.23. The quantitative estimate of drug-likeness (QED) is 0.562. The van der Waals surface area contributed by atoms with E-state index >= 15 is 0 Å². The fourth-order valence-corrected chi connectivity index (χ4v) is 1.21. The average Bonchev–Trinajstić information content (AvgIpc) is 1.91. The van der Waals surface area contributed by atoms with Gasteiger partial charge in [-0.05, 0) is 31.7 Å². The number of hydrogen-bond donors (Lipinski definition) is 2. The second kappa shape index (κ2) is 6.43. The SMILES string of the molecule is CC[C@H](CS)CCNC. The number of nitrogens with one attached hydrogen (secondary N) is 1. The second-order valence-corrected chi connectivity index (χ2v) is 2.71. The Hall–Kier alpha value is 0.310. The van der Waals surface area contributed by atoms with Gasteiger partial charge in [0.25, 0.3) is 0 Å². The lowest BCUT2D eigenvalue weighted by Crippen LogP contribution is -2.13. The highest BCUT2D eigenvalue weighted by Gasteiger charge is 2.00. The molecule has 0 amide bonds. The molecule has 2 heteroatoms. The third-order valence-corrected chi connectivity index (χ3v) is 2.15. The minimum atomic E-state index is 0.806. The number of thiol groups is 1.